The van der Waals surface area contributed by atoms with Crippen LogP contribution in [-0.4, -0.2) is 32.3 Å². The highest BCUT2D eigenvalue weighted by molar-refractivity contribution is 7.89. The zero-order valence-corrected chi connectivity index (χ0v) is 12.7. The van der Waals surface area contributed by atoms with E-state index in [1.807, 2.05) is 0 Å². The fourth-order valence-corrected chi connectivity index (χ4v) is 3.48. The second-order valence-electron chi connectivity index (χ2n) is 5.19. The van der Waals surface area contributed by atoms with Crippen molar-refractivity contribution >= 4 is 27.5 Å². The van der Waals surface area contributed by atoms with E-state index in [1.165, 1.54) is 18.2 Å². The van der Waals surface area contributed by atoms with Gasteiger partial charge in [0.2, 0.25) is 10.0 Å². The molecule has 20 heavy (non-hydrogen) atoms. The molecule has 0 radical (unpaired) electrons. The van der Waals surface area contributed by atoms with Crippen molar-refractivity contribution in [3.63, 3.8) is 0 Å². The summed E-state index contributed by atoms with van der Waals surface area (Å²) in [5, 5.41) is 5.11. The topological polar surface area (TPSA) is 80.5 Å². The molecule has 1 unspecified atom stereocenters. The van der Waals surface area contributed by atoms with Gasteiger partial charge in [-0.1, -0.05) is 18.5 Å². The summed E-state index contributed by atoms with van der Waals surface area (Å²) in [7, 11) is -3.93. The molecule has 0 saturated carbocycles. The van der Waals surface area contributed by atoms with Crippen molar-refractivity contribution in [1.29, 1.82) is 0 Å². The first-order chi connectivity index (χ1) is 9.29. The van der Waals surface area contributed by atoms with Crippen LogP contribution in [0.2, 0.25) is 5.02 Å². The molecule has 1 aromatic rings. The lowest BCUT2D eigenvalue weighted by molar-refractivity contribution is 0.0683. The van der Waals surface area contributed by atoms with Gasteiger partial charge < -0.3 is 4.90 Å². The fraction of sp³-hybridized carbons (Fsp3) is 0.462. The van der Waals surface area contributed by atoms with E-state index in [9.17, 15) is 13.2 Å². The van der Waals surface area contributed by atoms with Crippen molar-refractivity contribution in [2.24, 2.45) is 11.1 Å². The van der Waals surface area contributed by atoms with Crippen LogP contribution in [0.15, 0.2) is 23.1 Å². The molecule has 0 aromatic heterocycles. The number of carbonyl (C=O) groups excluding carboxylic acids is 1. The Balaban J connectivity index is 2.31. The number of nitrogens with zero attached hydrogens (tertiary/aromatic N) is 1. The second kappa shape index (κ2) is 5.71. The summed E-state index contributed by atoms with van der Waals surface area (Å²) in [6.45, 7) is 3.47. The number of likely N-dealkylation sites (tertiary alicyclic amines) is 1. The second-order valence-corrected chi connectivity index (χ2v) is 7.13. The van der Waals surface area contributed by atoms with Crippen molar-refractivity contribution in [2.45, 2.75) is 24.7 Å². The number of carbonyl (C=O) groups is 1. The Hall–Kier alpha value is -1.11. The predicted molar refractivity (Wildman–Crippen MR) is 77.1 cm³/mol. The van der Waals surface area contributed by atoms with Crippen molar-refractivity contribution in [1.82, 2.24) is 4.90 Å². The van der Waals surface area contributed by atoms with E-state index in [0.717, 1.165) is 12.8 Å². The minimum atomic E-state index is -3.93. The van der Waals surface area contributed by atoms with Gasteiger partial charge in [-0.05, 0) is 37.0 Å². The van der Waals surface area contributed by atoms with Gasteiger partial charge in [0.25, 0.3) is 5.91 Å². The molecule has 1 aliphatic heterocycles. The van der Waals surface area contributed by atoms with Gasteiger partial charge in [0, 0.05) is 18.7 Å². The molecular formula is C13H17ClN2O3S. The largest absolute Gasteiger partial charge is 0.338 e. The predicted octanol–water partition coefficient (Wildman–Crippen LogP) is 1.86. The Bertz CT molecular complexity index is 631. The third-order valence-electron chi connectivity index (χ3n) is 3.43. The standard InChI is InChI=1S/C13H17ClN2O3S/c1-9-3-2-6-16(8-9)13(17)10-4-5-11(14)12(7-10)20(15,18)19/h4-5,7,9H,2-3,6,8H2,1H3,(H2,15,18,19). The van der Waals surface area contributed by atoms with Crippen LogP contribution in [-0.2, 0) is 10.0 Å². The summed E-state index contributed by atoms with van der Waals surface area (Å²) in [5.74, 6) is 0.274. The van der Waals surface area contributed by atoms with Crippen molar-refractivity contribution < 1.29 is 13.2 Å². The van der Waals surface area contributed by atoms with Crippen LogP contribution in [0.1, 0.15) is 30.1 Å². The number of rotatable bonds is 2. The Labute approximate surface area is 123 Å². The van der Waals surface area contributed by atoms with Crippen LogP contribution in [0.5, 0.6) is 0 Å². The van der Waals surface area contributed by atoms with Crippen molar-refractivity contribution in [2.75, 3.05) is 13.1 Å². The molecule has 2 rings (SSSR count). The van der Waals surface area contributed by atoms with E-state index >= 15 is 0 Å². The van der Waals surface area contributed by atoms with Gasteiger partial charge in [0.05, 0.1) is 5.02 Å². The van der Waals surface area contributed by atoms with Gasteiger partial charge >= 0.3 is 0 Å². The monoisotopic (exact) mass is 316 g/mol. The number of piperidine rings is 1. The van der Waals surface area contributed by atoms with Crippen LogP contribution in [0.3, 0.4) is 0 Å². The molecule has 0 aliphatic carbocycles. The maximum atomic E-state index is 12.4. The molecule has 2 N–H and O–H groups in total. The molecule has 110 valence electrons. The van der Waals surface area contributed by atoms with Crippen molar-refractivity contribution in [3.05, 3.63) is 28.8 Å². The first kappa shape index (κ1) is 15.3. The Kier molecular flexibility index (Phi) is 4.36. The molecule has 1 atom stereocenters. The van der Waals surface area contributed by atoms with Crippen LogP contribution in [0.25, 0.3) is 0 Å². The van der Waals surface area contributed by atoms with Gasteiger partial charge in [-0.2, -0.15) is 0 Å². The quantitative estimate of drug-likeness (QED) is 0.904. The van der Waals surface area contributed by atoms with Crippen molar-refractivity contribution in [3.8, 4) is 0 Å². The maximum Gasteiger partial charge on any atom is 0.253 e. The van der Waals surface area contributed by atoms with Gasteiger partial charge in [-0.25, -0.2) is 13.6 Å². The highest BCUT2D eigenvalue weighted by Crippen LogP contribution is 2.24. The Morgan fingerprint density at radius 1 is 1.45 bits per heavy atom. The summed E-state index contributed by atoms with van der Waals surface area (Å²) in [5.41, 5.74) is 0.299. The van der Waals surface area contributed by atoms with Crippen LogP contribution in [0.4, 0.5) is 0 Å². The fourth-order valence-electron chi connectivity index (χ4n) is 2.41. The number of hydrogen-bond donors (Lipinski definition) is 1. The molecule has 1 aliphatic rings. The Morgan fingerprint density at radius 2 is 2.15 bits per heavy atom. The molecule has 5 nitrogen and oxygen atoms in total. The number of primary sulfonamides is 1. The average molecular weight is 317 g/mol. The van der Waals surface area contributed by atoms with Crippen LogP contribution < -0.4 is 5.14 Å². The highest BCUT2D eigenvalue weighted by atomic mass is 35.5. The zero-order chi connectivity index (χ0) is 14.9. The minimum Gasteiger partial charge on any atom is -0.338 e. The summed E-state index contributed by atoms with van der Waals surface area (Å²) >= 11 is 5.81. The lowest BCUT2D eigenvalue weighted by Crippen LogP contribution is -2.39. The van der Waals surface area contributed by atoms with Gasteiger partial charge in [0.15, 0.2) is 0 Å². The summed E-state index contributed by atoms with van der Waals surface area (Å²) in [4.78, 5) is 13.9. The number of sulfonamides is 1. The number of hydrogen-bond acceptors (Lipinski definition) is 3. The third-order valence-corrected chi connectivity index (χ3v) is 4.82. The normalized spacial score (nSPS) is 19.9. The molecule has 1 aromatic carbocycles. The molecule has 0 bridgehead atoms. The first-order valence-corrected chi connectivity index (χ1v) is 8.33. The average Bonchev–Trinajstić information content (AvgIpc) is 2.37. The minimum absolute atomic E-state index is 0.0241. The van der Waals surface area contributed by atoms with E-state index in [0.29, 0.717) is 24.6 Å². The van der Waals surface area contributed by atoms with E-state index in [4.69, 9.17) is 16.7 Å². The number of nitrogens with two attached hydrogens (primary N) is 1. The maximum absolute atomic E-state index is 12.4. The van der Waals surface area contributed by atoms with Gasteiger partial charge in [-0.15, -0.1) is 0 Å². The summed E-state index contributed by atoms with van der Waals surface area (Å²) in [6.07, 6.45) is 2.06. The zero-order valence-electron chi connectivity index (χ0n) is 11.2. The molecule has 1 fully saturated rings. The van der Waals surface area contributed by atoms with Gasteiger partial charge in [0.1, 0.15) is 4.90 Å². The SMILES string of the molecule is CC1CCCN(C(=O)c2ccc(Cl)c(S(N)(=O)=O)c2)C1. The molecule has 1 heterocycles. The number of benzene rings is 1. The van der Waals surface area contributed by atoms with E-state index in [1.54, 1.807) is 4.90 Å². The van der Waals surface area contributed by atoms with E-state index in [-0.39, 0.29) is 15.8 Å². The molecular weight excluding hydrogens is 300 g/mol. The molecule has 1 saturated heterocycles. The van der Waals surface area contributed by atoms with E-state index < -0.39 is 10.0 Å². The number of amides is 1. The molecule has 0 spiro atoms. The smallest absolute Gasteiger partial charge is 0.253 e. The summed E-state index contributed by atoms with van der Waals surface area (Å²) in [6, 6.07) is 4.17. The molecule has 1 amide bonds. The lowest BCUT2D eigenvalue weighted by Gasteiger charge is -2.31. The molecule has 7 heteroatoms. The first-order valence-electron chi connectivity index (χ1n) is 6.40. The van der Waals surface area contributed by atoms with E-state index in [2.05, 4.69) is 6.92 Å². The van der Waals surface area contributed by atoms with Crippen LogP contribution in [0, 0.1) is 5.92 Å². The highest BCUT2D eigenvalue weighted by Gasteiger charge is 2.23. The van der Waals surface area contributed by atoms with Gasteiger partial charge in [-0.3, -0.25) is 4.79 Å². The van der Waals surface area contributed by atoms with Crippen LogP contribution >= 0.6 is 11.6 Å². The number of halogens is 1. The lowest BCUT2D eigenvalue weighted by atomic mass is 9.99. The summed E-state index contributed by atoms with van der Waals surface area (Å²) < 4.78 is 22.9. The third kappa shape index (κ3) is 3.31. The Morgan fingerprint density at radius 3 is 2.75 bits per heavy atom.